The van der Waals surface area contributed by atoms with E-state index in [2.05, 4.69) is 346 Å². The molecule has 20 rings (SSSR count). The molecule has 0 aliphatic rings. The first-order valence-electron chi connectivity index (χ1n) is 33.4. The van der Waals surface area contributed by atoms with Gasteiger partial charge in [0, 0.05) is 94.3 Å². The second kappa shape index (κ2) is 22.2. The third-order valence-corrected chi connectivity index (χ3v) is 20.0. The van der Waals surface area contributed by atoms with Gasteiger partial charge in [-0.3, -0.25) is 4.98 Å². The van der Waals surface area contributed by atoms with Crippen molar-refractivity contribution in [3.8, 4) is 89.9 Å². The van der Waals surface area contributed by atoms with Crippen molar-refractivity contribution in [2.45, 2.75) is 0 Å². The van der Waals surface area contributed by atoms with Gasteiger partial charge >= 0.3 is 0 Å². The molecule has 0 radical (unpaired) electrons. The van der Waals surface area contributed by atoms with Gasteiger partial charge < -0.3 is 18.3 Å². The lowest BCUT2D eigenvalue weighted by Gasteiger charge is -2.16. The van der Waals surface area contributed by atoms with Gasteiger partial charge in [0.2, 0.25) is 0 Å². The lowest BCUT2D eigenvalue weighted by atomic mass is 9.99. The van der Waals surface area contributed by atoms with E-state index >= 15 is 0 Å². The van der Waals surface area contributed by atoms with Crippen LogP contribution < -0.4 is 0 Å². The number of nitrogens with zero attached hydrogens (tertiary/aromatic N) is 7. The lowest BCUT2D eigenvalue weighted by molar-refractivity contribution is 1.18. The molecule has 0 unspecified atom stereocenters. The molecular weight excluding hydrogens is 1190 g/mol. The van der Waals surface area contributed by atoms with E-state index in [9.17, 15) is 0 Å². The van der Waals surface area contributed by atoms with Gasteiger partial charge in [0.15, 0.2) is 0 Å². The van der Waals surface area contributed by atoms with Crippen molar-refractivity contribution in [2.24, 2.45) is 0 Å². The van der Waals surface area contributed by atoms with Crippen LogP contribution in [0.25, 0.3) is 188 Å². The van der Waals surface area contributed by atoms with E-state index in [4.69, 9.17) is 15.0 Å². The summed E-state index contributed by atoms with van der Waals surface area (Å²) in [7, 11) is 0. The number of benzene rings is 14. The Morgan fingerprint density at radius 1 is 0.184 bits per heavy atom. The van der Waals surface area contributed by atoms with E-state index in [-0.39, 0.29) is 0 Å². The number of fused-ring (bicyclic) bond motifs is 13. The molecule has 0 aliphatic heterocycles. The van der Waals surface area contributed by atoms with E-state index in [0.717, 1.165) is 101 Å². The summed E-state index contributed by atoms with van der Waals surface area (Å²) >= 11 is 0. The van der Waals surface area contributed by atoms with E-state index in [1.54, 1.807) is 0 Å². The molecule has 6 aromatic heterocycles. The standard InChI is InChI=1S/C91H57N7/c1-5-21-59(22-6-1)88-89(60-23-7-2-8-24-60)94-91-87(61-39-47-69(48-40-61)96-82-36-20-16-32-73(82)77-54-63(44-52-84(77)96)65-42-50-75-71-30-14-18-34-80(71)98(86(75)56-65)67-27-11-4-12-28-67)92-57-78(90(91)93-88)58-37-45-68(46-38-58)95-81-35-19-15-31-72(81)76-53-62(43-51-83(76)95)64-41-49-74-70-29-13-17-33-79(70)97(85(74)55-64)66-25-9-3-10-26-66/h1-57H. The van der Waals surface area contributed by atoms with Crippen LogP contribution in [0.1, 0.15) is 0 Å². The quantitative estimate of drug-likeness (QED) is 0.137. The van der Waals surface area contributed by atoms with Crippen molar-refractivity contribution >= 4 is 98.3 Å². The minimum absolute atomic E-state index is 0.725. The number of pyridine rings is 1. The van der Waals surface area contributed by atoms with Crippen molar-refractivity contribution in [1.29, 1.82) is 0 Å². The van der Waals surface area contributed by atoms with Crippen molar-refractivity contribution < 1.29 is 0 Å². The molecule has 20 aromatic rings. The summed E-state index contributed by atoms with van der Waals surface area (Å²) in [6.07, 6.45) is 1.99. The molecule has 6 heterocycles. The number of hydrogen-bond donors (Lipinski definition) is 0. The Bertz CT molecular complexity index is 6160. The summed E-state index contributed by atoms with van der Waals surface area (Å²) in [5.41, 5.74) is 27.0. The van der Waals surface area contributed by atoms with Gasteiger partial charge in [0.05, 0.1) is 61.2 Å². The van der Waals surface area contributed by atoms with Gasteiger partial charge in [0.1, 0.15) is 11.0 Å². The number of hydrogen-bond acceptors (Lipinski definition) is 3. The number of para-hydroxylation sites is 6. The molecule has 0 aliphatic carbocycles. The fraction of sp³-hybridized carbons (Fsp3) is 0. The van der Waals surface area contributed by atoms with Crippen LogP contribution >= 0.6 is 0 Å². The summed E-state index contributed by atoms with van der Waals surface area (Å²) < 4.78 is 9.56. The van der Waals surface area contributed by atoms with Crippen LogP contribution in [-0.2, 0) is 0 Å². The monoisotopic (exact) mass is 1250 g/mol. The highest BCUT2D eigenvalue weighted by atomic mass is 15.0. The first-order chi connectivity index (χ1) is 48.6. The van der Waals surface area contributed by atoms with Crippen LogP contribution in [0.15, 0.2) is 346 Å². The van der Waals surface area contributed by atoms with Gasteiger partial charge in [-0.25, -0.2) is 9.97 Å². The Hall–Kier alpha value is -13.2. The van der Waals surface area contributed by atoms with Crippen molar-refractivity contribution in [3.05, 3.63) is 346 Å². The average molecular weight is 1250 g/mol. The fourth-order valence-corrected chi connectivity index (χ4v) is 15.5. The third kappa shape index (κ3) is 8.73. The first-order valence-corrected chi connectivity index (χ1v) is 33.4. The van der Waals surface area contributed by atoms with Crippen molar-refractivity contribution in [1.82, 2.24) is 33.2 Å². The molecule has 0 atom stereocenters. The maximum Gasteiger partial charge on any atom is 0.116 e. The zero-order valence-corrected chi connectivity index (χ0v) is 53.0. The predicted molar refractivity (Wildman–Crippen MR) is 407 cm³/mol. The average Bonchev–Trinajstić information content (AvgIpc) is 1.33. The van der Waals surface area contributed by atoms with Crippen LogP contribution in [0.3, 0.4) is 0 Å². The smallest absolute Gasteiger partial charge is 0.116 e. The summed E-state index contributed by atoms with van der Waals surface area (Å²) in [6.45, 7) is 0. The van der Waals surface area contributed by atoms with Gasteiger partial charge in [-0.2, -0.15) is 0 Å². The molecule has 0 fully saturated rings. The first kappa shape index (κ1) is 55.2. The molecule has 0 N–H and O–H groups in total. The van der Waals surface area contributed by atoms with Crippen LogP contribution in [0.4, 0.5) is 0 Å². The summed E-state index contributed by atoms with van der Waals surface area (Å²) in [5, 5.41) is 9.75. The largest absolute Gasteiger partial charge is 0.309 e. The van der Waals surface area contributed by atoms with Crippen LogP contribution in [0.2, 0.25) is 0 Å². The Labute approximate surface area is 563 Å². The summed E-state index contributed by atoms with van der Waals surface area (Å²) in [5.74, 6) is 0. The Balaban J connectivity index is 0.686. The normalized spacial score (nSPS) is 11.9. The maximum atomic E-state index is 5.70. The van der Waals surface area contributed by atoms with Crippen LogP contribution in [-0.4, -0.2) is 33.2 Å². The topological polar surface area (TPSA) is 58.4 Å². The lowest BCUT2D eigenvalue weighted by Crippen LogP contribution is -2.01. The highest BCUT2D eigenvalue weighted by molar-refractivity contribution is 6.15. The zero-order chi connectivity index (χ0) is 64.4. The maximum absolute atomic E-state index is 5.70. The molecule has 7 heteroatoms. The van der Waals surface area contributed by atoms with E-state index < -0.39 is 0 Å². The molecule has 456 valence electrons. The molecular formula is C91H57N7. The minimum atomic E-state index is 0.725. The van der Waals surface area contributed by atoms with E-state index in [1.165, 1.54) is 87.4 Å². The zero-order valence-electron chi connectivity index (χ0n) is 53.0. The molecule has 0 saturated carbocycles. The van der Waals surface area contributed by atoms with Crippen molar-refractivity contribution in [3.63, 3.8) is 0 Å². The minimum Gasteiger partial charge on any atom is -0.309 e. The summed E-state index contributed by atoms with van der Waals surface area (Å²) in [6, 6.07) is 123. The van der Waals surface area contributed by atoms with Gasteiger partial charge in [-0.1, -0.05) is 231 Å². The Morgan fingerprint density at radius 2 is 0.480 bits per heavy atom. The highest BCUT2D eigenvalue weighted by Crippen LogP contribution is 2.44. The Morgan fingerprint density at radius 3 is 0.918 bits per heavy atom. The molecule has 14 aromatic carbocycles. The third-order valence-electron chi connectivity index (χ3n) is 20.0. The predicted octanol–water partition coefficient (Wildman–Crippen LogP) is 23.4. The fourth-order valence-electron chi connectivity index (χ4n) is 15.5. The second-order valence-corrected chi connectivity index (χ2v) is 25.5. The van der Waals surface area contributed by atoms with Gasteiger partial charge in [-0.15, -0.1) is 0 Å². The number of aromatic nitrogens is 7. The molecule has 98 heavy (non-hydrogen) atoms. The van der Waals surface area contributed by atoms with E-state index in [0.29, 0.717) is 0 Å². The molecule has 0 bridgehead atoms. The molecule has 0 amide bonds. The Kier molecular flexibility index (Phi) is 12.5. The SMILES string of the molecule is c1ccc(-c2nc3c(-c4ccc(-n5c6ccccc6c6cc(-c7ccc8c9ccccc9n(-c9ccccc9)c8c7)ccc65)cc4)cnc(-c4ccc(-n5c6ccccc6c6cc(-c7ccc8c9ccccc9n(-c9ccccc9)c8c7)ccc65)cc4)c3nc2-c2ccccc2)cc1. The van der Waals surface area contributed by atoms with Crippen molar-refractivity contribution in [2.75, 3.05) is 0 Å². The number of rotatable bonds is 10. The highest BCUT2D eigenvalue weighted by Gasteiger charge is 2.23. The molecule has 7 nitrogen and oxygen atoms in total. The van der Waals surface area contributed by atoms with Crippen LogP contribution in [0, 0.1) is 0 Å². The molecule has 0 saturated heterocycles. The van der Waals surface area contributed by atoms with Gasteiger partial charge in [0.25, 0.3) is 0 Å². The molecule has 0 spiro atoms. The van der Waals surface area contributed by atoms with E-state index in [1.807, 2.05) is 18.3 Å². The van der Waals surface area contributed by atoms with Crippen LogP contribution in [0.5, 0.6) is 0 Å². The second-order valence-electron chi connectivity index (χ2n) is 25.5. The summed E-state index contributed by atoms with van der Waals surface area (Å²) in [4.78, 5) is 16.8. The van der Waals surface area contributed by atoms with Gasteiger partial charge in [-0.05, 0) is 137 Å².